The highest BCUT2D eigenvalue weighted by molar-refractivity contribution is 5.78. The first-order chi connectivity index (χ1) is 18.2. The zero-order valence-corrected chi connectivity index (χ0v) is 24.2. The van der Waals surface area contributed by atoms with E-state index in [0.29, 0.717) is 0 Å². The number of benzene rings is 2. The molecule has 0 aromatic heterocycles. The van der Waals surface area contributed by atoms with E-state index in [-0.39, 0.29) is 0 Å². The van der Waals surface area contributed by atoms with Crippen molar-refractivity contribution in [2.24, 2.45) is 0 Å². The standard InChI is InChI=1S/C33H52N2O2/c1-5-9-17-34(18-10-6-2)21-23-36-30-13-15-32-28(26-30)25-29-27-31(14-16-33(29)32)37-24-22-35(19-11-7-3)20-12-8-4/h13-16,26-27H,5-12,17-25H2,1-4H3. The van der Waals surface area contributed by atoms with Crippen molar-refractivity contribution >= 4 is 0 Å². The molecule has 0 spiro atoms. The van der Waals surface area contributed by atoms with Gasteiger partial charge in [0.25, 0.3) is 0 Å². The maximum atomic E-state index is 6.20. The van der Waals surface area contributed by atoms with Crippen LogP contribution in [0.4, 0.5) is 0 Å². The second-order valence-corrected chi connectivity index (χ2v) is 10.6. The zero-order valence-electron chi connectivity index (χ0n) is 24.2. The van der Waals surface area contributed by atoms with E-state index in [1.807, 2.05) is 0 Å². The van der Waals surface area contributed by atoms with Gasteiger partial charge in [-0.1, -0.05) is 65.5 Å². The number of rotatable bonds is 20. The van der Waals surface area contributed by atoms with Crippen molar-refractivity contribution in [3.05, 3.63) is 47.5 Å². The molecule has 0 atom stereocenters. The molecule has 1 aliphatic rings. The van der Waals surface area contributed by atoms with Gasteiger partial charge < -0.3 is 9.47 Å². The fraction of sp³-hybridized carbons (Fsp3) is 0.636. The maximum absolute atomic E-state index is 6.20. The summed E-state index contributed by atoms with van der Waals surface area (Å²) in [6.45, 7) is 17.3. The third-order valence-electron chi connectivity index (χ3n) is 7.49. The van der Waals surface area contributed by atoms with Crippen LogP contribution in [0.1, 0.15) is 90.2 Å². The first-order valence-electron chi connectivity index (χ1n) is 15.1. The Kier molecular flexibility index (Phi) is 13.3. The lowest BCUT2D eigenvalue weighted by Gasteiger charge is -2.22. The van der Waals surface area contributed by atoms with Crippen molar-refractivity contribution < 1.29 is 9.47 Å². The molecule has 0 N–H and O–H groups in total. The van der Waals surface area contributed by atoms with Crippen molar-refractivity contribution in [1.29, 1.82) is 0 Å². The monoisotopic (exact) mass is 508 g/mol. The smallest absolute Gasteiger partial charge is 0.119 e. The van der Waals surface area contributed by atoms with Gasteiger partial charge in [0.15, 0.2) is 0 Å². The Balaban J connectivity index is 1.50. The zero-order chi connectivity index (χ0) is 26.3. The lowest BCUT2D eigenvalue weighted by atomic mass is 10.1. The number of fused-ring (bicyclic) bond motifs is 3. The Labute approximate surface area is 227 Å². The molecule has 1 aliphatic carbocycles. The summed E-state index contributed by atoms with van der Waals surface area (Å²) in [6.07, 6.45) is 11.0. The van der Waals surface area contributed by atoms with Crippen molar-refractivity contribution in [2.75, 3.05) is 52.5 Å². The highest BCUT2D eigenvalue weighted by atomic mass is 16.5. The first-order valence-corrected chi connectivity index (χ1v) is 15.1. The lowest BCUT2D eigenvalue weighted by Crippen LogP contribution is -2.30. The summed E-state index contributed by atoms with van der Waals surface area (Å²) in [6, 6.07) is 13.3. The summed E-state index contributed by atoms with van der Waals surface area (Å²) in [5, 5.41) is 0. The molecule has 3 rings (SSSR count). The van der Waals surface area contributed by atoms with E-state index in [1.165, 1.54) is 99.8 Å². The van der Waals surface area contributed by atoms with Crippen molar-refractivity contribution in [3.63, 3.8) is 0 Å². The van der Waals surface area contributed by atoms with E-state index in [2.05, 4.69) is 73.9 Å². The fourth-order valence-corrected chi connectivity index (χ4v) is 5.13. The van der Waals surface area contributed by atoms with Crippen LogP contribution in [0.25, 0.3) is 11.1 Å². The van der Waals surface area contributed by atoms with Crippen LogP contribution in [0, 0.1) is 0 Å². The minimum absolute atomic E-state index is 0.755. The third kappa shape index (κ3) is 9.65. The van der Waals surface area contributed by atoms with E-state index in [1.54, 1.807) is 0 Å². The highest BCUT2D eigenvalue weighted by Crippen LogP contribution is 2.39. The van der Waals surface area contributed by atoms with Crippen molar-refractivity contribution in [3.8, 4) is 22.6 Å². The van der Waals surface area contributed by atoms with Gasteiger partial charge in [-0.15, -0.1) is 0 Å². The first kappa shape index (κ1) is 29.5. The summed E-state index contributed by atoms with van der Waals surface area (Å²) in [5.74, 6) is 1.99. The summed E-state index contributed by atoms with van der Waals surface area (Å²) in [4.78, 5) is 5.12. The maximum Gasteiger partial charge on any atom is 0.119 e. The number of hydrogen-bond donors (Lipinski definition) is 0. The van der Waals surface area contributed by atoms with Crippen molar-refractivity contribution in [1.82, 2.24) is 9.80 Å². The predicted molar refractivity (Wildman–Crippen MR) is 158 cm³/mol. The van der Waals surface area contributed by atoms with E-state index in [0.717, 1.165) is 44.2 Å². The summed E-state index contributed by atoms with van der Waals surface area (Å²) in [7, 11) is 0. The average molecular weight is 509 g/mol. The Morgan fingerprint density at radius 3 is 1.27 bits per heavy atom. The molecule has 0 bridgehead atoms. The van der Waals surface area contributed by atoms with Gasteiger partial charge in [0.1, 0.15) is 24.7 Å². The average Bonchev–Trinajstić information content (AvgIpc) is 3.28. The molecule has 4 nitrogen and oxygen atoms in total. The van der Waals surface area contributed by atoms with Crippen LogP contribution < -0.4 is 9.47 Å². The van der Waals surface area contributed by atoms with Crippen LogP contribution in [0.15, 0.2) is 36.4 Å². The van der Waals surface area contributed by atoms with Crippen molar-refractivity contribution in [2.45, 2.75) is 85.5 Å². The van der Waals surface area contributed by atoms with Gasteiger partial charge in [-0.05, 0) is 105 Å². The van der Waals surface area contributed by atoms with Gasteiger partial charge in [0.2, 0.25) is 0 Å². The summed E-state index contributed by atoms with van der Waals surface area (Å²) >= 11 is 0. The van der Waals surface area contributed by atoms with E-state index < -0.39 is 0 Å². The Bertz CT molecular complexity index is 824. The number of unbranched alkanes of at least 4 members (excludes halogenated alkanes) is 4. The number of ether oxygens (including phenoxy) is 2. The molecule has 2 aromatic rings. The van der Waals surface area contributed by atoms with Gasteiger partial charge in [-0.3, -0.25) is 9.80 Å². The van der Waals surface area contributed by atoms with Gasteiger partial charge in [0.05, 0.1) is 0 Å². The minimum atomic E-state index is 0.755. The largest absolute Gasteiger partial charge is 0.492 e. The second kappa shape index (κ2) is 16.7. The van der Waals surface area contributed by atoms with Crippen LogP contribution in [0.5, 0.6) is 11.5 Å². The molecule has 0 heterocycles. The summed E-state index contributed by atoms with van der Waals surface area (Å²) < 4.78 is 12.4. The molecule has 2 aromatic carbocycles. The second-order valence-electron chi connectivity index (χ2n) is 10.6. The van der Waals surface area contributed by atoms with E-state index in [9.17, 15) is 0 Å². The van der Waals surface area contributed by atoms with Gasteiger partial charge >= 0.3 is 0 Å². The molecule has 0 unspecified atom stereocenters. The molecule has 0 aliphatic heterocycles. The van der Waals surface area contributed by atoms with Crippen LogP contribution in [0.3, 0.4) is 0 Å². The van der Waals surface area contributed by atoms with Gasteiger partial charge in [-0.2, -0.15) is 0 Å². The topological polar surface area (TPSA) is 24.9 Å². The SMILES string of the molecule is CCCCN(CCCC)CCOc1ccc2c(c1)Cc1cc(OCCN(CCCC)CCCC)ccc1-2. The molecule has 0 radical (unpaired) electrons. The molecule has 0 saturated heterocycles. The quantitative estimate of drug-likeness (QED) is 0.155. The Morgan fingerprint density at radius 1 is 0.541 bits per heavy atom. The molecule has 0 amide bonds. The Hall–Kier alpha value is -2.04. The third-order valence-corrected chi connectivity index (χ3v) is 7.49. The molecular weight excluding hydrogens is 456 g/mol. The molecule has 37 heavy (non-hydrogen) atoms. The Morgan fingerprint density at radius 2 is 0.919 bits per heavy atom. The number of nitrogens with zero attached hydrogens (tertiary/aromatic N) is 2. The molecular formula is C33H52N2O2. The van der Waals surface area contributed by atoms with Crippen LogP contribution in [-0.2, 0) is 6.42 Å². The normalized spacial score (nSPS) is 12.3. The number of hydrogen-bond acceptors (Lipinski definition) is 4. The van der Waals surface area contributed by atoms with Crippen LogP contribution >= 0.6 is 0 Å². The molecule has 0 saturated carbocycles. The van der Waals surface area contributed by atoms with Crippen LogP contribution in [0.2, 0.25) is 0 Å². The highest BCUT2D eigenvalue weighted by Gasteiger charge is 2.20. The predicted octanol–water partition coefficient (Wildman–Crippen LogP) is 7.82. The lowest BCUT2D eigenvalue weighted by molar-refractivity contribution is 0.204. The van der Waals surface area contributed by atoms with E-state index in [4.69, 9.17) is 9.47 Å². The molecule has 206 valence electrons. The summed E-state index contributed by atoms with van der Waals surface area (Å²) in [5.41, 5.74) is 5.41. The molecule has 4 heteroatoms. The van der Waals surface area contributed by atoms with Crippen LogP contribution in [-0.4, -0.2) is 62.3 Å². The molecule has 0 fully saturated rings. The van der Waals surface area contributed by atoms with E-state index >= 15 is 0 Å². The minimum Gasteiger partial charge on any atom is -0.492 e. The van der Waals surface area contributed by atoms with Gasteiger partial charge in [0, 0.05) is 13.1 Å². The fourth-order valence-electron chi connectivity index (χ4n) is 5.13. The van der Waals surface area contributed by atoms with Gasteiger partial charge in [-0.25, -0.2) is 0 Å².